The molecule has 1 aliphatic rings. The number of hydrogen-bond acceptors (Lipinski definition) is 4. The first-order chi connectivity index (χ1) is 9.29. The van der Waals surface area contributed by atoms with Gasteiger partial charge in [-0.05, 0) is 49.8 Å². The Morgan fingerprint density at radius 1 is 1.42 bits per heavy atom. The Kier molecular flexibility index (Phi) is 5.63. The van der Waals surface area contributed by atoms with Crippen LogP contribution >= 0.6 is 0 Å². The zero-order valence-corrected chi connectivity index (χ0v) is 11.6. The van der Waals surface area contributed by atoms with E-state index in [0.29, 0.717) is 18.6 Å². The first kappa shape index (κ1) is 14.3. The number of nitrogens with one attached hydrogen (secondary N) is 1. The van der Waals surface area contributed by atoms with Crippen LogP contribution in [0.5, 0.6) is 5.75 Å². The standard InChI is InChI=1S/C15H24N2O2/c1-12-3-2-4-14(11-12)19-10-7-15(17-16)13-5-8-18-9-6-13/h2-4,11,13,15,17H,5-10,16H2,1H3. The van der Waals surface area contributed by atoms with Gasteiger partial charge in [0.15, 0.2) is 0 Å². The van der Waals surface area contributed by atoms with Gasteiger partial charge in [-0.3, -0.25) is 11.3 Å². The van der Waals surface area contributed by atoms with E-state index in [9.17, 15) is 0 Å². The van der Waals surface area contributed by atoms with E-state index >= 15 is 0 Å². The second kappa shape index (κ2) is 7.48. The maximum absolute atomic E-state index is 5.78. The molecule has 0 spiro atoms. The van der Waals surface area contributed by atoms with Crippen molar-refractivity contribution in [2.75, 3.05) is 19.8 Å². The molecule has 4 nitrogen and oxygen atoms in total. The van der Waals surface area contributed by atoms with Crippen molar-refractivity contribution >= 4 is 0 Å². The van der Waals surface area contributed by atoms with Gasteiger partial charge in [-0.2, -0.15) is 0 Å². The normalized spacial score (nSPS) is 18.2. The molecular formula is C15H24N2O2. The first-order valence-electron chi connectivity index (χ1n) is 7.03. The molecule has 3 N–H and O–H groups in total. The molecule has 2 rings (SSSR count). The van der Waals surface area contributed by atoms with Gasteiger partial charge < -0.3 is 9.47 Å². The van der Waals surface area contributed by atoms with Crippen molar-refractivity contribution in [1.29, 1.82) is 0 Å². The molecule has 1 fully saturated rings. The van der Waals surface area contributed by atoms with Gasteiger partial charge >= 0.3 is 0 Å². The van der Waals surface area contributed by atoms with Crippen molar-refractivity contribution in [2.45, 2.75) is 32.2 Å². The summed E-state index contributed by atoms with van der Waals surface area (Å²) < 4.78 is 11.2. The van der Waals surface area contributed by atoms with Gasteiger partial charge in [0.1, 0.15) is 5.75 Å². The van der Waals surface area contributed by atoms with Gasteiger partial charge in [0.05, 0.1) is 6.61 Å². The largest absolute Gasteiger partial charge is 0.494 e. The van der Waals surface area contributed by atoms with E-state index in [2.05, 4.69) is 24.5 Å². The van der Waals surface area contributed by atoms with E-state index in [1.54, 1.807) is 0 Å². The minimum atomic E-state index is 0.314. The lowest BCUT2D eigenvalue weighted by Gasteiger charge is -2.29. The summed E-state index contributed by atoms with van der Waals surface area (Å²) in [4.78, 5) is 0. The lowest BCUT2D eigenvalue weighted by atomic mass is 9.90. The highest BCUT2D eigenvalue weighted by molar-refractivity contribution is 5.27. The summed E-state index contributed by atoms with van der Waals surface area (Å²) in [7, 11) is 0. The molecule has 1 saturated heterocycles. The van der Waals surface area contributed by atoms with Crippen LogP contribution in [0.2, 0.25) is 0 Å². The fourth-order valence-electron chi connectivity index (χ4n) is 2.58. The number of hydrogen-bond donors (Lipinski definition) is 2. The number of hydrazine groups is 1. The molecule has 1 aliphatic heterocycles. The van der Waals surface area contributed by atoms with Crippen molar-refractivity contribution in [3.8, 4) is 5.75 Å². The van der Waals surface area contributed by atoms with Gasteiger partial charge in [-0.1, -0.05) is 12.1 Å². The minimum Gasteiger partial charge on any atom is -0.494 e. The van der Waals surface area contributed by atoms with Gasteiger partial charge in [-0.25, -0.2) is 0 Å². The molecule has 106 valence electrons. The monoisotopic (exact) mass is 264 g/mol. The molecule has 19 heavy (non-hydrogen) atoms. The number of rotatable bonds is 6. The summed E-state index contributed by atoms with van der Waals surface area (Å²) >= 11 is 0. The molecule has 0 amide bonds. The maximum Gasteiger partial charge on any atom is 0.119 e. The molecule has 0 saturated carbocycles. The van der Waals surface area contributed by atoms with Gasteiger partial charge in [0.25, 0.3) is 0 Å². The topological polar surface area (TPSA) is 56.5 Å². The quantitative estimate of drug-likeness (QED) is 0.609. The zero-order chi connectivity index (χ0) is 13.5. The third-order valence-electron chi connectivity index (χ3n) is 3.74. The SMILES string of the molecule is Cc1cccc(OCCC(NN)C2CCOCC2)c1. The summed E-state index contributed by atoms with van der Waals surface area (Å²) in [6, 6.07) is 8.45. The van der Waals surface area contributed by atoms with Crippen molar-refractivity contribution in [3.63, 3.8) is 0 Å². The molecular weight excluding hydrogens is 240 g/mol. The van der Waals surface area contributed by atoms with E-state index < -0.39 is 0 Å². The van der Waals surface area contributed by atoms with E-state index in [-0.39, 0.29) is 0 Å². The average Bonchev–Trinajstić information content (AvgIpc) is 2.45. The first-order valence-corrected chi connectivity index (χ1v) is 7.03. The van der Waals surface area contributed by atoms with Crippen LogP contribution in [0.15, 0.2) is 24.3 Å². The number of aryl methyl sites for hydroxylation is 1. The predicted molar refractivity (Wildman–Crippen MR) is 75.9 cm³/mol. The Balaban J connectivity index is 1.76. The third-order valence-corrected chi connectivity index (χ3v) is 3.74. The third kappa shape index (κ3) is 4.49. The van der Waals surface area contributed by atoms with Crippen molar-refractivity contribution in [3.05, 3.63) is 29.8 Å². The van der Waals surface area contributed by atoms with E-state index in [4.69, 9.17) is 15.3 Å². The van der Waals surface area contributed by atoms with Crippen LogP contribution < -0.4 is 16.0 Å². The molecule has 1 aromatic rings. The van der Waals surface area contributed by atoms with Crippen LogP contribution in [-0.4, -0.2) is 25.9 Å². The summed E-state index contributed by atoms with van der Waals surface area (Å²) in [5.41, 5.74) is 4.15. The van der Waals surface area contributed by atoms with Crippen LogP contribution in [0.1, 0.15) is 24.8 Å². The highest BCUT2D eigenvalue weighted by Crippen LogP contribution is 2.21. The number of nitrogens with two attached hydrogens (primary N) is 1. The fraction of sp³-hybridized carbons (Fsp3) is 0.600. The van der Waals surface area contributed by atoms with Crippen LogP contribution in [0.3, 0.4) is 0 Å². The van der Waals surface area contributed by atoms with Crippen LogP contribution in [0.4, 0.5) is 0 Å². The molecule has 0 bridgehead atoms. The second-order valence-corrected chi connectivity index (χ2v) is 5.18. The Morgan fingerprint density at radius 2 is 2.21 bits per heavy atom. The van der Waals surface area contributed by atoms with Crippen molar-refractivity contribution in [2.24, 2.45) is 11.8 Å². The summed E-state index contributed by atoms with van der Waals surface area (Å²) in [6.07, 6.45) is 3.09. The Morgan fingerprint density at radius 3 is 2.89 bits per heavy atom. The number of ether oxygens (including phenoxy) is 2. The minimum absolute atomic E-state index is 0.314. The number of benzene rings is 1. The molecule has 0 radical (unpaired) electrons. The second-order valence-electron chi connectivity index (χ2n) is 5.18. The van der Waals surface area contributed by atoms with Gasteiger partial charge in [-0.15, -0.1) is 0 Å². The van der Waals surface area contributed by atoms with Crippen molar-refractivity contribution in [1.82, 2.24) is 5.43 Å². The molecule has 1 aromatic carbocycles. The molecule has 1 unspecified atom stereocenters. The molecule has 4 heteroatoms. The molecule has 1 heterocycles. The lowest BCUT2D eigenvalue weighted by molar-refractivity contribution is 0.0505. The zero-order valence-electron chi connectivity index (χ0n) is 11.6. The van der Waals surface area contributed by atoms with Crippen LogP contribution in [0, 0.1) is 12.8 Å². The highest BCUT2D eigenvalue weighted by Gasteiger charge is 2.22. The van der Waals surface area contributed by atoms with Crippen LogP contribution in [0.25, 0.3) is 0 Å². The predicted octanol–water partition coefficient (Wildman–Crippen LogP) is 2.02. The molecule has 0 aliphatic carbocycles. The van der Waals surface area contributed by atoms with Crippen molar-refractivity contribution < 1.29 is 9.47 Å². The van der Waals surface area contributed by atoms with Gasteiger partial charge in [0.2, 0.25) is 0 Å². The van der Waals surface area contributed by atoms with E-state index in [1.807, 2.05) is 12.1 Å². The van der Waals surface area contributed by atoms with Crippen LogP contribution in [-0.2, 0) is 4.74 Å². The Bertz CT molecular complexity index is 378. The summed E-state index contributed by atoms with van der Waals surface area (Å²) in [5.74, 6) is 7.19. The van der Waals surface area contributed by atoms with E-state index in [0.717, 1.165) is 38.2 Å². The smallest absolute Gasteiger partial charge is 0.119 e. The maximum atomic E-state index is 5.78. The fourth-order valence-corrected chi connectivity index (χ4v) is 2.58. The summed E-state index contributed by atoms with van der Waals surface area (Å²) in [5, 5.41) is 0. The molecule has 1 atom stereocenters. The summed E-state index contributed by atoms with van der Waals surface area (Å²) in [6.45, 7) is 4.46. The Labute approximate surface area is 115 Å². The van der Waals surface area contributed by atoms with Gasteiger partial charge in [0, 0.05) is 19.3 Å². The molecule has 0 aromatic heterocycles. The highest BCUT2D eigenvalue weighted by atomic mass is 16.5. The van der Waals surface area contributed by atoms with E-state index in [1.165, 1.54) is 5.56 Å². The Hall–Kier alpha value is -1.10. The average molecular weight is 264 g/mol. The lowest BCUT2D eigenvalue weighted by Crippen LogP contribution is -2.43.